The largest absolute Gasteiger partial charge is 0.469 e. The highest BCUT2D eigenvalue weighted by Crippen LogP contribution is 2.31. The van der Waals surface area contributed by atoms with Crippen LogP contribution < -0.4 is 5.73 Å². The van der Waals surface area contributed by atoms with Gasteiger partial charge in [0.15, 0.2) is 0 Å². The SMILES string of the molecule is COC(=O)C1(C)CCN(C(=O)[C@@H](C)N)C1. The van der Waals surface area contributed by atoms with Crippen LogP contribution in [-0.4, -0.2) is 43.0 Å². The maximum Gasteiger partial charge on any atom is 0.313 e. The van der Waals surface area contributed by atoms with Crippen molar-refractivity contribution >= 4 is 11.9 Å². The van der Waals surface area contributed by atoms with Crippen LogP contribution in [-0.2, 0) is 14.3 Å². The molecule has 0 aromatic rings. The van der Waals surface area contributed by atoms with Gasteiger partial charge in [0.05, 0.1) is 18.6 Å². The molecule has 1 aliphatic rings. The van der Waals surface area contributed by atoms with E-state index in [-0.39, 0.29) is 11.9 Å². The van der Waals surface area contributed by atoms with Crippen LogP contribution in [0.2, 0.25) is 0 Å². The number of esters is 1. The summed E-state index contributed by atoms with van der Waals surface area (Å²) in [6.07, 6.45) is 0.637. The van der Waals surface area contributed by atoms with Crippen molar-refractivity contribution in [1.29, 1.82) is 0 Å². The van der Waals surface area contributed by atoms with Gasteiger partial charge in [-0.3, -0.25) is 9.59 Å². The molecule has 0 aromatic carbocycles. The van der Waals surface area contributed by atoms with Gasteiger partial charge >= 0.3 is 5.97 Å². The molecule has 0 radical (unpaired) electrons. The van der Waals surface area contributed by atoms with Crippen molar-refractivity contribution in [1.82, 2.24) is 4.90 Å². The second-order valence-corrected chi connectivity index (χ2v) is 4.35. The summed E-state index contributed by atoms with van der Waals surface area (Å²) < 4.78 is 4.72. The highest BCUT2D eigenvalue weighted by atomic mass is 16.5. The number of methoxy groups -OCH3 is 1. The van der Waals surface area contributed by atoms with Gasteiger partial charge in [-0.15, -0.1) is 0 Å². The van der Waals surface area contributed by atoms with E-state index in [4.69, 9.17) is 10.5 Å². The van der Waals surface area contributed by atoms with Crippen molar-refractivity contribution in [2.75, 3.05) is 20.2 Å². The molecule has 1 aliphatic heterocycles. The van der Waals surface area contributed by atoms with Gasteiger partial charge in [-0.2, -0.15) is 0 Å². The van der Waals surface area contributed by atoms with E-state index < -0.39 is 11.5 Å². The maximum absolute atomic E-state index is 11.6. The highest BCUT2D eigenvalue weighted by Gasteiger charge is 2.43. The quantitative estimate of drug-likeness (QED) is 0.643. The molecule has 0 aromatic heterocycles. The van der Waals surface area contributed by atoms with Crippen LogP contribution in [0, 0.1) is 5.41 Å². The Balaban J connectivity index is 2.66. The van der Waals surface area contributed by atoms with Crippen LogP contribution in [0.3, 0.4) is 0 Å². The topological polar surface area (TPSA) is 72.6 Å². The zero-order valence-corrected chi connectivity index (χ0v) is 9.45. The average Bonchev–Trinajstić information content (AvgIpc) is 2.59. The lowest BCUT2D eigenvalue weighted by Crippen LogP contribution is -2.42. The van der Waals surface area contributed by atoms with Gasteiger partial charge in [-0.05, 0) is 20.3 Å². The van der Waals surface area contributed by atoms with Gasteiger partial charge in [0.1, 0.15) is 0 Å². The lowest BCUT2D eigenvalue weighted by atomic mass is 9.90. The smallest absolute Gasteiger partial charge is 0.313 e. The van der Waals surface area contributed by atoms with Crippen LogP contribution in [0.25, 0.3) is 0 Å². The first-order valence-corrected chi connectivity index (χ1v) is 5.03. The molecule has 1 saturated heterocycles. The summed E-state index contributed by atoms with van der Waals surface area (Å²) in [5.74, 6) is -0.370. The zero-order valence-electron chi connectivity index (χ0n) is 9.45. The molecular weight excluding hydrogens is 196 g/mol. The minimum absolute atomic E-state index is 0.109. The fourth-order valence-electron chi connectivity index (χ4n) is 1.85. The molecule has 1 rings (SSSR count). The number of ether oxygens (including phenoxy) is 1. The van der Waals surface area contributed by atoms with Crippen LogP contribution in [0.15, 0.2) is 0 Å². The monoisotopic (exact) mass is 214 g/mol. The minimum Gasteiger partial charge on any atom is -0.469 e. The van der Waals surface area contributed by atoms with Crippen LogP contribution in [0.4, 0.5) is 0 Å². The van der Waals surface area contributed by atoms with Crippen LogP contribution >= 0.6 is 0 Å². The van der Waals surface area contributed by atoms with E-state index in [2.05, 4.69) is 0 Å². The van der Waals surface area contributed by atoms with E-state index in [1.807, 2.05) is 6.92 Å². The minimum atomic E-state index is -0.570. The average molecular weight is 214 g/mol. The predicted octanol–water partition coefficient (Wildman–Crippen LogP) is -0.255. The number of nitrogens with zero attached hydrogens (tertiary/aromatic N) is 1. The molecule has 0 saturated carbocycles. The van der Waals surface area contributed by atoms with Crippen molar-refractivity contribution in [3.8, 4) is 0 Å². The third-order valence-corrected chi connectivity index (χ3v) is 2.85. The molecule has 15 heavy (non-hydrogen) atoms. The molecular formula is C10H18N2O3. The molecule has 2 N–H and O–H groups in total. The van der Waals surface area contributed by atoms with E-state index in [1.54, 1.807) is 11.8 Å². The first kappa shape index (κ1) is 12.0. The molecule has 1 unspecified atom stereocenters. The number of carbonyl (C=O) groups excluding carboxylic acids is 2. The predicted molar refractivity (Wildman–Crippen MR) is 55.0 cm³/mol. The Morgan fingerprint density at radius 1 is 1.53 bits per heavy atom. The lowest BCUT2D eigenvalue weighted by Gasteiger charge is -2.22. The Labute approximate surface area is 89.6 Å². The standard InChI is InChI=1S/C10H18N2O3/c1-7(11)8(13)12-5-4-10(2,6-12)9(14)15-3/h7H,4-6,11H2,1-3H3/t7-,10?/m1/s1. The van der Waals surface area contributed by atoms with Gasteiger partial charge in [-0.1, -0.05) is 0 Å². The van der Waals surface area contributed by atoms with Gasteiger partial charge in [0.25, 0.3) is 0 Å². The fraction of sp³-hybridized carbons (Fsp3) is 0.800. The molecule has 0 bridgehead atoms. The molecule has 86 valence electrons. The Morgan fingerprint density at radius 2 is 2.13 bits per heavy atom. The van der Waals surface area contributed by atoms with Crippen molar-refractivity contribution in [2.24, 2.45) is 11.1 Å². The summed E-state index contributed by atoms with van der Waals surface area (Å²) in [5.41, 5.74) is 4.94. The number of carbonyl (C=O) groups is 2. The van der Waals surface area contributed by atoms with Gasteiger partial charge in [0.2, 0.25) is 5.91 Å². The van der Waals surface area contributed by atoms with E-state index in [0.717, 1.165) is 0 Å². The Hall–Kier alpha value is -1.10. The molecule has 2 atom stereocenters. The summed E-state index contributed by atoms with van der Waals surface area (Å²) in [6.45, 7) is 4.44. The van der Waals surface area contributed by atoms with E-state index >= 15 is 0 Å². The summed E-state index contributed by atoms with van der Waals surface area (Å²) >= 11 is 0. The fourth-order valence-corrected chi connectivity index (χ4v) is 1.85. The molecule has 1 heterocycles. The molecule has 1 fully saturated rings. The van der Waals surface area contributed by atoms with Crippen molar-refractivity contribution in [3.05, 3.63) is 0 Å². The van der Waals surface area contributed by atoms with E-state index in [9.17, 15) is 9.59 Å². The van der Waals surface area contributed by atoms with Crippen molar-refractivity contribution in [2.45, 2.75) is 26.3 Å². The number of amides is 1. The van der Waals surface area contributed by atoms with Gasteiger partial charge in [-0.25, -0.2) is 0 Å². The number of hydrogen-bond donors (Lipinski definition) is 1. The number of nitrogens with two attached hydrogens (primary N) is 1. The molecule has 0 spiro atoms. The number of hydrogen-bond acceptors (Lipinski definition) is 4. The summed E-state index contributed by atoms with van der Waals surface area (Å²) in [6, 6.07) is -0.509. The number of likely N-dealkylation sites (tertiary alicyclic amines) is 1. The highest BCUT2D eigenvalue weighted by molar-refractivity contribution is 5.84. The van der Waals surface area contributed by atoms with E-state index in [0.29, 0.717) is 19.5 Å². The van der Waals surface area contributed by atoms with Crippen molar-refractivity contribution < 1.29 is 14.3 Å². The van der Waals surface area contributed by atoms with Gasteiger partial charge in [0, 0.05) is 13.1 Å². The summed E-state index contributed by atoms with van der Waals surface area (Å²) in [4.78, 5) is 24.7. The van der Waals surface area contributed by atoms with Crippen LogP contribution in [0.5, 0.6) is 0 Å². The normalized spacial score (nSPS) is 27.6. The molecule has 1 amide bonds. The zero-order chi connectivity index (χ0) is 11.6. The molecule has 5 heteroatoms. The summed E-state index contributed by atoms with van der Waals surface area (Å²) in [7, 11) is 1.36. The summed E-state index contributed by atoms with van der Waals surface area (Å²) in [5, 5.41) is 0. The third kappa shape index (κ3) is 2.28. The maximum atomic E-state index is 11.6. The first-order chi connectivity index (χ1) is 6.90. The molecule has 0 aliphatic carbocycles. The van der Waals surface area contributed by atoms with E-state index in [1.165, 1.54) is 7.11 Å². The lowest BCUT2D eigenvalue weighted by molar-refractivity contribution is -0.151. The Bertz CT molecular complexity index is 278. The second kappa shape index (κ2) is 4.18. The van der Waals surface area contributed by atoms with Crippen LogP contribution in [0.1, 0.15) is 20.3 Å². The number of rotatable bonds is 2. The Morgan fingerprint density at radius 3 is 2.60 bits per heavy atom. The molecule has 5 nitrogen and oxygen atoms in total. The first-order valence-electron chi connectivity index (χ1n) is 5.03. The third-order valence-electron chi connectivity index (χ3n) is 2.85. The van der Waals surface area contributed by atoms with Crippen molar-refractivity contribution in [3.63, 3.8) is 0 Å². The second-order valence-electron chi connectivity index (χ2n) is 4.35. The van der Waals surface area contributed by atoms with Gasteiger partial charge < -0.3 is 15.4 Å². The Kier molecular flexibility index (Phi) is 3.34.